The molecule has 0 heterocycles. The predicted octanol–water partition coefficient (Wildman–Crippen LogP) is 3.10. The molecule has 0 spiro atoms. The Morgan fingerprint density at radius 2 is 1.94 bits per heavy atom. The van der Waals surface area contributed by atoms with E-state index in [0.717, 1.165) is 17.7 Å². The number of ether oxygens (including phenoxy) is 1. The summed E-state index contributed by atoms with van der Waals surface area (Å²) in [6, 6.07) is 8.05. The molecule has 0 saturated heterocycles. The first-order valence-corrected chi connectivity index (χ1v) is 6.55. The van der Waals surface area contributed by atoms with Crippen molar-refractivity contribution in [3.05, 3.63) is 29.8 Å². The summed E-state index contributed by atoms with van der Waals surface area (Å²) in [6.45, 7) is 8.33. The van der Waals surface area contributed by atoms with Crippen molar-refractivity contribution in [3.8, 4) is 5.75 Å². The number of rotatable bonds is 6. The highest BCUT2D eigenvalue weighted by molar-refractivity contribution is 5.77. The molecule has 0 aliphatic heterocycles. The number of benzene rings is 1. The molecule has 18 heavy (non-hydrogen) atoms. The van der Waals surface area contributed by atoms with Gasteiger partial charge in [0.1, 0.15) is 5.75 Å². The van der Waals surface area contributed by atoms with Gasteiger partial charge in [-0.05, 0) is 30.9 Å². The zero-order valence-corrected chi connectivity index (χ0v) is 11.7. The average Bonchev–Trinajstić information content (AvgIpc) is 2.36. The maximum Gasteiger partial charge on any atom is 0.258 e. The zero-order valence-electron chi connectivity index (χ0n) is 11.7. The second kappa shape index (κ2) is 7.04. The molecule has 0 radical (unpaired) electrons. The topological polar surface area (TPSA) is 38.3 Å². The third-order valence-corrected chi connectivity index (χ3v) is 2.92. The SMILES string of the molecule is CCC(C)NC(=O)COc1ccccc1C(C)C. The van der Waals surface area contributed by atoms with E-state index in [4.69, 9.17) is 4.74 Å². The van der Waals surface area contributed by atoms with Gasteiger partial charge in [0, 0.05) is 6.04 Å². The molecule has 3 nitrogen and oxygen atoms in total. The van der Waals surface area contributed by atoms with Crippen LogP contribution in [0.3, 0.4) is 0 Å². The van der Waals surface area contributed by atoms with Crippen molar-refractivity contribution in [2.75, 3.05) is 6.61 Å². The third-order valence-electron chi connectivity index (χ3n) is 2.92. The minimum absolute atomic E-state index is 0.0668. The number of nitrogens with one attached hydrogen (secondary N) is 1. The molecule has 1 aromatic rings. The standard InChI is InChI=1S/C15H23NO2/c1-5-12(4)16-15(17)10-18-14-9-7-6-8-13(14)11(2)3/h6-9,11-12H,5,10H2,1-4H3,(H,16,17). The van der Waals surface area contributed by atoms with Crippen LogP contribution in [0.4, 0.5) is 0 Å². The monoisotopic (exact) mass is 249 g/mol. The minimum Gasteiger partial charge on any atom is -0.483 e. The molecule has 0 bridgehead atoms. The van der Waals surface area contributed by atoms with Gasteiger partial charge in [0.25, 0.3) is 5.91 Å². The van der Waals surface area contributed by atoms with Gasteiger partial charge < -0.3 is 10.1 Å². The van der Waals surface area contributed by atoms with Gasteiger partial charge in [0.2, 0.25) is 0 Å². The van der Waals surface area contributed by atoms with Crippen LogP contribution < -0.4 is 10.1 Å². The summed E-state index contributed by atoms with van der Waals surface area (Å²) in [4.78, 5) is 11.6. The lowest BCUT2D eigenvalue weighted by Crippen LogP contribution is -2.35. The van der Waals surface area contributed by atoms with E-state index in [-0.39, 0.29) is 18.6 Å². The summed E-state index contributed by atoms with van der Waals surface area (Å²) in [5.74, 6) is 1.12. The number of para-hydroxylation sites is 1. The molecule has 1 atom stereocenters. The second-order valence-electron chi connectivity index (χ2n) is 4.86. The molecule has 0 aromatic heterocycles. The maximum absolute atomic E-state index is 11.6. The van der Waals surface area contributed by atoms with Crippen molar-refractivity contribution in [1.82, 2.24) is 5.32 Å². The molecule has 0 aliphatic carbocycles. The molecule has 100 valence electrons. The quantitative estimate of drug-likeness (QED) is 0.841. The Hall–Kier alpha value is -1.51. The first-order chi connectivity index (χ1) is 8.54. The Labute approximate surface area is 110 Å². The number of hydrogen-bond acceptors (Lipinski definition) is 2. The van der Waals surface area contributed by atoms with Gasteiger partial charge in [0.05, 0.1) is 0 Å². The highest BCUT2D eigenvalue weighted by Crippen LogP contribution is 2.25. The minimum atomic E-state index is -0.0668. The zero-order chi connectivity index (χ0) is 13.5. The number of carbonyl (C=O) groups is 1. The molecule has 1 amide bonds. The van der Waals surface area contributed by atoms with Gasteiger partial charge in [0.15, 0.2) is 6.61 Å². The third kappa shape index (κ3) is 4.40. The summed E-state index contributed by atoms with van der Waals surface area (Å²) in [7, 11) is 0. The Morgan fingerprint density at radius 1 is 1.28 bits per heavy atom. The van der Waals surface area contributed by atoms with E-state index in [2.05, 4.69) is 19.2 Å². The highest BCUT2D eigenvalue weighted by atomic mass is 16.5. The molecule has 1 rings (SSSR count). The van der Waals surface area contributed by atoms with Gasteiger partial charge in [-0.25, -0.2) is 0 Å². The van der Waals surface area contributed by atoms with Crippen molar-refractivity contribution in [3.63, 3.8) is 0 Å². The van der Waals surface area contributed by atoms with Crippen LogP contribution in [0.2, 0.25) is 0 Å². The Bertz CT molecular complexity index is 388. The summed E-state index contributed by atoms with van der Waals surface area (Å²) in [5, 5.41) is 2.88. The molecule has 0 fully saturated rings. The fourth-order valence-electron chi connectivity index (χ4n) is 1.65. The molecule has 1 N–H and O–H groups in total. The Kier molecular flexibility index (Phi) is 5.69. The lowest BCUT2D eigenvalue weighted by Gasteiger charge is -2.15. The summed E-state index contributed by atoms with van der Waals surface area (Å²) < 4.78 is 5.59. The summed E-state index contributed by atoms with van der Waals surface area (Å²) in [6.07, 6.45) is 0.925. The van der Waals surface area contributed by atoms with Crippen LogP contribution in [0.5, 0.6) is 5.75 Å². The van der Waals surface area contributed by atoms with Crippen molar-refractivity contribution in [2.24, 2.45) is 0 Å². The largest absolute Gasteiger partial charge is 0.483 e. The van der Waals surface area contributed by atoms with Crippen LogP contribution in [0, 0.1) is 0 Å². The smallest absolute Gasteiger partial charge is 0.258 e. The van der Waals surface area contributed by atoms with Gasteiger partial charge in [-0.2, -0.15) is 0 Å². The first-order valence-electron chi connectivity index (χ1n) is 6.55. The fourth-order valence-corrected chi connectivity index (χ4v) is 1.65. The second-order valence-corrected chi connectivity index (χ2v) is 4.86. The number of carbonyl (C=O) groups excluding carboxylic acids is 1. The van der Waals surface area contributed by atoms with E-state index < -0.39 is 0 Å². The fraction of sp³-hybridized carbons (Fsp3) is 0.533. The molecular formula is C15H23NO2. The lowest BCUT2D eigenvalue weighted by molar-refractivity contribution is -0.123. The normalized spacial score (nSPS) is 12.3. The Balaban J connectivity index is 2.56. The van der Waals surface area contributed by atoms with Crippen molar-refractivity contribution in [1.29, 1.82) is 0 Å². The average molecular weight is 249 g/mol. The number of hydrogen-bond donors (Lipinski definition) is 1. The van der Waals surface area contributed by atoms with Crippen LogP contribution in [-0.4, -0.2) is 18.6 Å². The van der Waals surface area contributed by atoms with Crippen LogP contribution in [0.1, 0.15) is 45.6 Å². The van der Waals surface area contributed by atoms with Gasteiger partial charge in [-0.15, -0.1) is 0 Å². The van der Waals surface area contributed by atoms with Crippen LogP contribution in [0.15, 0.2) is 24.3 Å². The van der Waals surface area contributed by atoms with E-state index >= 15 is 0 Å². The number of amides is 1. The molecule has 3 heteroatoms. The molecule has 1 unspecified atom stereocenters. The molecular weight excluding hydrogens is 226 g/mol. The van der Waals surface area contributed by atoms with E-state index in [1.54, 1.807) is 0 Å². The van der Waals surface area contributed by atoms with E-state index in [1.165, 1.54) is 0 Å². The van der Waals surface area contributed by atoms with Crippen LogP contribution >= 0.6 is 0 Å². The van der Waals surface area contributed by atoms with Crippen LogP contribution in [0.25, 0.3) is 0 Å². The van der Waals surface area contributed by atoms with E-state index in [9.17, 15) is 4.79 Å². The summed E-state index contributed by atoms with van der Waals surface area (Å²) >= 11 is 0. The highest BCUT2D eigenvalue weighted by Gasteiger charge is 2.10. The van der Waals surface area contributed by atoms with Crippen molar-refractivity contribution < 1.29 is 9.53 Å². The molecule has 0 saturated carbocycles. The van der Waals surface area contributed by atoms with Crippen molar-refractivity contribution in [2.45, 2.75) is 46.1 Å². The maximum atomic E-state index is 11.6. The van der Waals surface area contributed by atoms with E-state index in [1.807, 2.05) is 38.1 Å². The van der Waals surface area contributed by atoms with Gasteiger partial charge in [-0.3, -0.25) is 4.79 Å². The lowest BCUT2D eigenvalue weighted by atomic mass is 10.0. The van der Waals surface area contributed by atoms with Gasteiger partial charge in [-0.1, -0.05) is 39.0 Å². The van der Waals surface area contributed by atoms with E-state index in [0.29, 0.717) is 5.92 Å². The van der Waals surface area contributed by atoms with Crippen molar-refractivity contribution >= 4 is 5.91 Å². The van der Waals surface area contributed by atoms with Gasteiger partial charge >= 0.3 is 0 Å². The Morgan fingerprint density at radius 3 is 2.56 bits per heavy atom. The van der Waals surface area contributed by atoms with Crippen LogP contribution in [-0.2, 0) is 4.79 Å². The molecule has 0 aliphatic rings. The predicted molar refractivity (Wildman–Crippen MR) is 73.9 cm³/mol. The molecule has 1 aromatic carbocycles. The first kappa shape index (κ1) is 14.6. The summed E-state index contributed by atoms with van der Waals surface area (Å²) in [5.41, 5.74) is 1.13.